The Morgan fingerprint density at radius 1 is 1.06 bits per heavy atom. The SMILES string of the molecule is CC(=O)CC1CC2(CCN(C(=O)OC3C4CC5CC(C4)CC3C5)CC2)c2c(Br)cccc21. The summed E-state index contributed by atoms with van der Waals surface area (Å²) in [5, 5.41) is 0. The fourth-order valence-electron chi connectivity index (χ4n) is 8.48. The summed E-state index contributed by atoms with van der Waals surface area (Å²) in [5.41, 5.74) is 2.79. The van der Waals surface area contributed by atoms with E-state index in [2.05, 4.69) is 34.1 Å². The molecule has 1 aromatic carbocycles. The number of ketones is 1. The summed E-state index contributed by atoms with van der Waals surface area (Å²) in [5.74, 6) is 3.56. The van der Waals surface area contributed by atoms with E-state index in [0.717, 1.165) is 48.7 Å². The Morgan fingerprint density at radius 3 is 2.34 bits per heavy atom. The van der Waals surface area contributed by atoms with E-state index in [1.54, 1.807) is 6.92 Å². The minimum absolute atomic E-state index is 0.0644. The summed E-state index contributed by atoms with van der Waals surface area (Å²) in [7, 11) is 0. The largest absolute Gasteiger partial charge is 0.446 e. The van der Waals surface area contributed by atoms with Crippen LogP contribution in [-0.4, -0.2) is 36.0 Å². The molecule has 5 heteroatoms. The lowest BCUT2D eigenvalue weighted by molar-refractivity contribution is -0.117. The number of piperidine rings is 1. The maximum atomic E-state index is 13.2. The van der Waals surface area contributed by atoms with E-state index in [-0.39, 0.29) is 23.4 Å². The van der Waals surface area contributed by atoms with Gasteiger partial charge in [-0.1, -0.05) is 28.1 Å². The molecule has 4 nitrogen and oxygen atoms in total. The van der Waals surface area contributed by atoms with Gasteiger partial charge >= 0.3 is 6.09 Å². The monoisotopic (exact) mass is 499 g/mol. The minimum atomic E-state index is -0.0806. The van der Waals surface area contributed by atoms with Crippen molar-refractivity contribution in [3.63, 3.8) is 0 Å². The van der Waals surface area contributed by atoms with Gasteiger partial charge in [0.15, 0.2) is 0 Å². The van der Waals surface area contributed by atoms with E-state index in [0.29, 0.717) is 24.2 Å². The smallest absolute Gasteiger partial charge is 0.410 e. The van der Waals surface area contributed by atoms with Crippen LogP contribution in [-0.2, 0) is 14.9 Å². The van der Waals surface area contributed by atoms with E-state index >= 15 is 0 Å². The first kappa shape index (κ1) is 21.2. The van der Waals surface area contributed by atoms with Crippen LogP contribution in [0.3, 0.4) is 0 Å². The Bertz CT molecular complexity index is 907. The van der Waals surface area contributed by atoms with E-state index in [9.17, 15) is 9.59 Å². The standard InChI is InChI=1S/C27H34BrNO3/c1-16(30)9-21-15-27(24-22(21)3-2-4-23(24)28)5-7-29(8-6-27)26(31)32-25-19-11-17-10-18(13-19)14-20(25)12-17/h2-4,17-21,25H,5-15H2,1H3. The minimum Gasteiger partial charge on any atom is -0.446 e. The molecular formula is C27H34BrNO3. The predicted octanol–water partition coefficient (Wildman–Crippen LogP) is 6.21. The number of Topliss-reactive ketones (excluding diaryl/α,β-unsaturated/α-hetero) is 1. The zero-order valence-electron chi connectivity index (χ0n) is 19.0. The highest BCUT2D eigenvalue weighted by Crippen LogP contribution is 2.56. The molecule has 1 heterocycles. The molecule has 0 N–H and O–H groups in total. The number of nitrogens with zero attached hydrogens (tertiary/aromatic N) is 1. The van der Waals surface area contributed by atoms with Crippen LogP contribution < -0.4 is 0 Å². The highest BCUT2D eigenvalue weighted by atomic mass is 79.9. The summed E-state index contributed by atoms with van der Waals surface area (Å²) >= 11 is 3.81. The fourth-order valence-corrected chi connectivity index (χ4v) is 9.29. The number of carbonyl (C=O) groups is 2. The van der Waals surface area contributed by atoms with Crippen LogP contribution in [0.1, 0.15) is 81.8 Å². The molecule has 5 aliphatic carbocycles. The molecule has 1 saturated heterocycles. The predicted molar refractivity (Wildman–Crippen MR) is 127 cm³/mol. The van der Waals surface area contributed by atoms with E-state index < -0.39 is 0 Å². The number of likely N-dealkylation sites (tertiary alicyclic amines) is 1. The molecule has 1 aromatic rings. The molecule has 1 aliphatic heterocycles. The molecule has 1 amide bonds. The van der Waals surface area contributed by atoms with Crippen LogP contribution in [0.25, 0.3) is 0 Å². The number of ether oxygens (including phenoxy) is 1. The van der Waals surface area contributed by atoms with E-state index in [4.69, 9.17) is 4.74 Å². The Kier molecular flexibility index (Phi) is 5.20. The molecule has 5 fully saturated rings. The number of amides is 1. The first-order valence-electron chi connectivity index (χ1n) is 12.7. The number of halogens is 1. The van der Waals surface area contributed by atoms with Crippen molar-refractivity contribution in [3.05, 3.63) is 33.8 Å². The number of rotatable bonds is 3. The number of carbonyl (C=O) groups excluding carboxylic acids is 2. The van der Waals surface area contributed by atoms with Gasteiger partial charge in [0.1, 0.15) is 11.9 Å². The second kappa shape index (κ2) is 7.85. The summed E-state index contributed by atoms with van der Waals surface area (Å²) in [4.78, 5) is 27.0. The van der Waals surface area contributed by atoms with Gasteiger partial charge in [-0.25, -0.2) is 4.79 Å². The van der Waals surface area contributed by atoms with Crippen molar-refractivity contribution >= 4 is 27.8 Å². The third-order valence-electron chi connectivity index (χ3n) is 9.54. The van der Waals surface area contributed by atoms with Crippen molar-refractivity contribution in [2.24, 2.45) is 23.7 Å². The second-order valence-electron chi connectivity index (χ2n) is 11.6. The highest BCUT2D eigenvalue weighted by Gasteiger charge is 2.51. The maximum Gasteiger partial charge on any atom is 0.410 e. The molecule has 0 aromatic heterocycles. The maximum absolute atomic E-state index is 13.2. The van der Waals surface area contributed by atoms with Gasteiger partial charge in [0, 0.05) is 29.4 Å². The van der Waals surface area contributed by atoms with Crippen molar-refractivity contribution in [1.29, 1.82) is 0 Å². The molecule has 32 heavy (non-hydrogen) atoms. The topological polar surface area (TPSA) is 46.6 Å². The molecule has 1 spiro atoms. The Balaban J connectivity index is 1.14. The van der Waals surface area contributed by atoms with Gasteiger partial charge in [0.2, 0.25) is 0 Å². The number of hydrogen-bond acceptors (Lipinski definition) is 3. The summed E-state index contributed by atoms with van der Waals surface area (Å²) in [6, 6.07) is 6.42. The Morgan fingerprint density at radius 2 is 1.72 bits per heavy atom. The average molecular weight is 500 g/mol. The molecule has 7 rings (SSSR count). The molecule has 172 valence electrons. The molecule has 6 aliphatic rings. The molecule has 4 saturated carbocycles. The van der Waals surface area contributed by atoms with Crippen LogP contribution in [0.2, 0.25) is 0 Å². The van der Waals surface area contributed by atoms with Gasteiger partial charge in [-0.3, -0.25) is 0 Å². The van der Waals surface area contributed by atoms with Crippen molar-refractivity contribution < 1.29 is 14.3 Å². The molecule has 1 unspecified atom stereocenters. The van der Waals surface area contributed by atoms with Crippen LogP contribution >= 0.6 is 15.9 Å². The van der Waals surface area contributed by atoms with Crippen LogP contribution in [0, 0.1) is 23.7 Å². The average Bonchev–Trinajstić information content (AvgIpc) is 3.04. The Hall–Kier alpha value is -1.36. The number of hydrogen-bond donors (Lipinski definition) is 0. The zero-order chi connectivity index (χ0) is 22.0. The van der Waals surface area contributed by atoms with Crippen molar-refractivity contribution in [2.45, 2.75) is 82.1 Å². The lowest BCUT2D eigenvalue weighted by atomic mass is 9.55. The summed E-state index contributed by atoms with van der Waals surface area (Å²) in [6.07, 6.45) is 10.1. The van der Waals surface area contributed by atoms with Gasteiger partial charge in [0.05, 0.1) is 0 Å². The van der Waals surface area contributed by atoms with Gasteiger partial charge < -0.3 is 14.4 Å². The van der Waals surface area contributed by atoms with E-state index in [1.807, 2.05) is 4.90 Å². The van der Waals surface area contributed by atoms with Crippen molar-refractivity contribution in [3.8, 4) is 0 Å². The van der Waals surface area contributed by atoms with Crippen LogP contribution in [0.5, 0.6) is 0 Å². The molecule has 1 atom stereocenters. The number of fused-ring (bicyclic) bond motifs is 2. The molecular weight excluding hydrogens is 466 g/mol. The summed E-state index contributed by atoms with van der Waals surface area (Å²) < 4.78 is 7.38. The summed E-state index contributed by atoms with van der Waals surface area (Å²) in [6.45, 7) is 3.20. The molecule has 0 radical (unpaired) electrons. The van der Waals surface area contributed by atoms with Crippen LogP contribution in [0.4, 0.5) is 4.79 Å². The highest BCUT2D eigenvalue weighted by molar-refractivity contribution is 9.10. The van der Waals surface area contributed by atoms with Gasteiger partial charge in [-0.05, 0) is 105 Å². The molecule has 4 bridgehead atoms. The van der Waals surface area contributed by atoms with Gasteiger partial charge in [0.25, 0.3) is 0 Å². The number of benzene rings is 1. The lowest BCUT2D eigenvalue weighted by Gasteiger charge is -2.53. The lowest BCUT2D eigenvalue weighted by Crippen LogP contribution is -2.52. The van der Waals surface area contributed by atoms with Crippen LogP contribution in [0.15, 0.2) is 22.7 Å². The zero-order valence-corrected chi connectivity index (χ0v) is 20.6. The third kappa shape index (κ3) is 3.45. The van der Waals surface area contributed by atoms with Crippen molar-refractivity contribution in [2.75, 3.05) is 13.1 Å². The first-order valence-corrected chi connectivity index (χ1v) is 13.4. The van der Waals surface area contributed by atoms with Gasteiger partial charge in [-0.15, -0.1) is 0 Å². The van der Waals surface area contributed by atoms with E-state index in [1.165, 1.54) is 43.2 Å². The quantitative estimate of drug-likeness (QED) is 0.496. The normalized spacial score (nSPS) is 36.4. The fraction of sp³-hybridized carbons (Fsp3) is 0.704. The first-order chi connectivity index (χ1) is 15.4. The van der Waals surface area contributed by atoms with Crippen molar-refractivity contribution in [1.82, 2.24) is 4.90 Å². The van der Waals surface area contributed by atoms with Gasteiger partial charge in [-0.2, -0.15) is 0 Å². The third-order valence-corrected chi connectivity index (χ3v) is 10.2. The Labute approximate surface area is 199 Å². The second-order valence-corrected chi connectivity index (χ2v) is 12.4.